The number of rotatable bonds is 9. The van der Waals surface area contributed by atoms with E-state index in [1.807, 2.05) is 24.3 Å². The second-order valence-electron chi connectivity index (χ2n) is 6.85. The lowest BCUT2D eigenvalue weighted by molar-refractivity contribution is 0.0763. The van der Waals surface area contributed by atoms with Crippen LogP contribution in [-0.4, -0.2) is 13.2 Å². The van der Waals surface area contributed by atoms with Crippen molar-refractivity contribution in [3.05, 3.63) is 24.3 Å². The van der Waals surface area contributed by atoms with Crippen LogP contribution >= 0.6 is 0 Å². The Labute approximate surface area is 130 Å². The Balaban J connectivity index is 2.53. The fourth-order valence-electron chi connectivity index (χ4n) is 2.42. The molecular formula is C19H32O2. The van der Waals surface area contributed by atoms with Crippen molar-refractivity contribution in [3.8, 4) is 11.5 Å². The van der Waals surface area contributed by atoms with Crippen molar-refractivity contribution >= 4 is 0 Å². The standard InChI is InChI=1S/C19H32O2/c1-6-7-8-9-10-11-18(19(2,3)4)21-17-14-12-16(20-5)13-15-17/h12-15,18H,6-11H2,1-5H3. The van der Waals surface area contributed by atoms with Gasteiger partial charge in [0.25, 0.3) is 0 Å². The van der Waals surface area contributed by atoms with Gasteiger partial charge in [0.2, 0.25) is 0 Å². The molecule has 0 aromatic heterocycles. The van der Waals surface area contributed by atoms with Crippen molar-refractivity contribution in [3.63, 3.8) is 0 Å². The molecule has 0 heterocycles. The summed E-state index contributed by atoms with van der Waals surface area (Å²) in [6, 6.07) is 7.90. The lowest BCUT2D eigenvalue weighted by Crippen LogP contribution is -2.32. The third-order valence-electron chi connectivity index (χ3n) is 3.87. The summed E-state index contributed by atoms with van der Waals surface area (Å²) in [6.07, 6.45) is 7.93. The Kier molecular flexibility index (Phi) is 7.63. The predicted molar refractivity (Wildman–Crippen MR) is 90.2 cm³/mol. The Hall–Kier alpha value is -1.18. The summed E-state index contributed by atoms with van der Waals surface area (Å²) in [6.45, 7) is 9.03. The minimum atomic E-state index is 0.157. The molecule has 1 atom stereocenters. The highest BCUT2D eigenvalue weighted by molar-refractivity contribution is 5.31. The first-order valence-corrected chi connectivity index (χ1v) is 8.28. The summed E-state index contributed by atoms with van der Waals surface area (Å²) in [5, 5.41) is 0. The molecule has 0 saturated heterocycles. The molecule has 0 bridgehead atoms. The van der Waals surface area contributed by atoms with E-state index in [1.165, 1.54) is 32.1 Å². The van der Waals surface area contributed by atoms with Gasteiger partial charge in [-0.3, -0.25) is 0 Å². The lowest BCUT2D eigenvalue weighted by Gasteiger charge is -2.31. The third kappa shape index (κ3) is 6.88. The molecule has 0 N–H and O–H groups in total. The van der Waals surface area contributed by atoms with E-state index in [1.54, 1.807) is 7.11 Å². The van der Waals surface area contributed by atoms with Crippen LogP contribution in [0.5, 0.6) is 11.5 Å². The predicted octanol–water partition coefficient (Wildman–Crippen LogP) is 5.85. The lowest BCUT2D eigenvalue weighted by atomic mass is 9.85. The minimum absolute atomic E-state index is 0.157. The molecule has 1 rings (SSSR count). The summed E-state index contributed by atoms with van der Waals surface area (Å²) in [5.74, 6) is 1.80. The highest BCUT2D eigenvalue weighted by Gasteiger charge is 2.26. The van der Waals surface area contributed by atoms with Crippen molar-refractivity contribution in [2.45, 2.75) is 72.3 Å². The first-order valence-electron chi connectivity index (χ1n) is 8.28. The normalized spacial score (nSPS) is 13.0. The van der Waals surface area contributed by atoms with Gasteiger partial charge in [0, 0.05) is 0 Å². The van der Waals surface area contributed by atoms with Crippen LogP contribution in [-0.2, 0) is 0 Å². The fourth-order valence-corrected chi connectivity index (χ4v) is 2.42. The van der Waals surface area contributed by atoms with Crippen LogP contribution < -0.4 is 9.47 Å². The number of ether oxygens (including phenoxy) is 2. The van der Waals surface area contributed by atoms with Crippen LogP contribution in [0.1, 0.15) is 66.2 Å². The number of benzene rings is 1. The average Bonchev–Trinajstić information content (AvgIpc) is 2.45. The van der Waals surface area contributed by atoms with E-state index in [4.69, 9.17) is 9.47 Å². The van der Waals surface area contributed by atoms with Crippen LogP contribution in [0.2, 0.25) is 0 Å². The Bertz CT molecular complexity index is 376. The fraction of sp³-hybridized carbons (Fsp3) is 0.684. The Morgan fingerprint density at radius 3 is 2.00 bits per heavy atom. The van der Waals surface area contributed by atoms with E-state index in [2.05, 4.69) is 27.7 Å². The van der Waals surface area contributed by atoms with E-state index >= 15 is 0 Å². The molecule has 0 radical (unpaired) electrons. The van der Waals surface area contributed by atoms with Crippen LogP contribution in [0.15, 0.2) is 24.3 Å². The van der Waals surface area contributed by atoms with E-state index < -0.39 is 0 Å². The van der Waals surface area contributed by atoms with Crippen LogP contribution in [0.25, 0.3) is 0 Å². The molecule has 1 aromatic carbocycles. The molecular weight excluding hydrogens is 260 g/mol. The molecule has 0 fully saturated rings. The average molecular weight is 292 g/mol. The Morgan fingerprint density at radius 2 is 1.48 bits per heavy atom. The summed E-state index contributed by atoms with van der Waals surface area (Å²) in [5.41, 5.74) is 0.157. The Morgan fingerprint density at radius 1 is 0.905 bits per heavy atom. The molecule has 2 nitrogen and oxygen atoms in total. The highest BCUT2D eigenvalue weighted by atomic mass is 16.5. The maximum Gasteiger partial charge on any atom is 0.120 e. The molecule has 120 valence electrons. The van der Waals surface area contributed by atoms with E-state index in [0.717, 1.165) is 17.9 Å². The van der Waals surface area contributed by atoms with Gasteiger partial charge < -0.3 is 9.47 Å². The van der Waals surface area contributed by atoms with Gasteiger partial charge in [0.05, 0.1) is 7.11 Å². The van der Waals surface area contributed by atoms with Gasteiger partial charge in [0.1, 0.15) is 17.6 Å². The van der Waals surface area contributed by atoms with Crippen LogP contribution in [0.3, 0.4) is 0 Å². The molecule has 1 aromatic rings. The quantitative estimate of drug-likeness (QED) is 0.531. The SMILES string of the molecule is CCCCCCCC(Oc1ccc(OC)cc1)C(C)(C)C. The maximum atomic E-state index is 6.23. The molecule has 2 heteroatoms. The largest absolute Gasteiger partial charge is 0.497 e. The molecule has 1 unspecified atom stereocenters. The van der Waals surface area contributed by atoms with Gasteiger partial charge >= 0.3 is 0 Å². The monoisotopic (exact) mass is 292 g/mol. The summed E-state index contributed by atoms with van der Waals surface area (Å²) in [7, 11) is 1.68. The first kappa shape index (κ1) is 17.9. The molecule has 0 saturated carbocycles. The van der Waals surface area contributed by atoms with Crippen molar-refractivity contribution < 1.29 is 9.47 Å². The van der Waals surface area contributed by atoms with Gasteiger partial charge in [-0.2, -0.15) is 0 Å². The molecule has 0 spiro atoms. The van der Waals surface area contributed by atoms with Gasteiger partial charge in [-0.05, 0) is 42.5 Å². The zero-order chi connectivity index (χ0) is 15.7. The smallest absolute Gasteiger partial charge is 0.120 e. The summed E-state index contributed by atoms with van der Waals surface area (Å²) < 4.78 is 11.4. The summed E-state index contributed by atoms with van der Waals surface area (Å²) >= 11 is 0. The zero-order valence-corrected chi connectivity index (χ0v) is 14.4. The minimum Gasteiger partial charge on any atom is -0.497 e. The van der Waals surface area contributed by atoms with Crippen molar-refractivity contribution in [2.75, 3.05) is 7.11 Å². The first-order chi connectivity index (χ1) is 9.97. The maximum absolute atomic E-state index is 6.23. The second-order valence-corrected chi connectivity index (χ2v) is 6.85. The van der Waals surface area contributed by atoms with E-state index in [-0.39, 0.29) is 11.5 Å². The molecule has 0 amide bonds. The van der Waals surface area contributed by atoms with Crippen molar-refractivity contribution in [2.24, 2.45) is 5.41 Å². The van der Waals surface area contributed by atoms with Gasteiger partial charge in [-0.15, -0.1) is 0 Å². The summed E-state index contributed by atoms with van der Waals surface area (Å²) in [4.78, 5) is 0. The number of methoxy groups -OCH3 is 1. The van der Waals surface area contributed by atoms with Crippen LogP contribution in [0.4, 0.5) is 0 Å². The third-order valence-corrected chi connectivity index (χ3v) is 3.87. The number of hydrogen-bond donors (Lipinski definition) is 0. The molecule has 0 aliphatic rings. The molecule has 0 aliphatic carbocycles. The van der Waals surface area contributed by atoms with Gasteiger partial charge in [-0.25, -0.2) is 0 Å². The van der Waals surface area contributed by atoms with Crippen molar-refractivity contribution in [1.29, 1.82) is 0 Å². The zero-order valence-electron chi connectivity index (χ0n) is 14.4. The van der Waals surface area contributed by atoms with E-state index in [0.29, 0.717) is 0 Å². The van der Waals surface area contributed by atoms with Gasteiger partial charge in [0.15, 0.2) is 0 Å². The van der Waals surface area contributed by atoms with Crippen molar-refractivity contribution in [1.82, 2.24) is 0 Å². The topological polar surface area (TPSA) is 18.5 Å². The second kappa shape index (κ2) is 8.96. The number of unbranched alkanes of at least 4 members (excludes halogenated alkanes) is 4. The molecule has 21 heavy (non-hydrogen) atoms. The highest BCUT2D eigenvalue weighted by Crippen LogP contribution is 2.29. The van der Waals surface area contributed by atoms with Gasteiger partial charge in [-0.1, -0.05) is 53.4 Å². The number of hydrogen-bond acceptors (Lipinski definition) is 2. The van der Waals surface area contributed by atoms with Crippen LogP contribution in [0, 0.1) is 5.41 Å². The van der Waals surface area contributed by atoms with E-state index in [9.17, 15) is 0 Å². The molecule has 0 aliphatic heterocycles.